The zero-order valence-corrected chi connectivity index (χ0v) is 14.8. The second-order valence-electron chi connectivity index (χ2n) is 7.55. The minimum absolute atomic E-state index is 0.183. The van der Waals surface area contributed by atoms with Crippen LogP contribution >= 0.6 is 0 Å². The average Bonchev–Trinajstić information content (AvgIpc) is 2.35. The first kappa shape index (κ1) is 18.3. The normalized spacial score (nSPS) is 12.7. The molecule has 3 nitrogen and oxygen atoms in total. The summed E-state index contributed by atoms with van der Waals surface area (Å²) in [5.41, 5.74) is 2.28. The summed E-state index contributed by atoms with van der Waals surface area (Å²) in [5, 5.41) is 10.6. The molecule has 0 aliphatic rings. The highest BCUT2D eigenvalue weighted by Gasteiger charge is 2.26. The van der Waals surface area contributed by atoms with E-state index < -0.39 is 0 Å². The third kappa shape index (κ3) is 4.62. The van der Waals surface area contributed by atoms with Gasteiger partial charge in [0.2, 0.25) is 0 Å². The van der Waals surface area contributed by atoms with E-state index in [0.29, 0.717) is 12.4 Å². The molecule has 1 aromatic carbocycles. The van der Waals surface area contributed by atoms with Gasteiger partial charge in [-0.05, 0) is 41.5 Å². The third-order valence-corrected chi connectivity index (χ3v) is 3.45. The first-order valence-electron chi connectivity index (χ1n) is 7.69. The maximum Gasteiger partial charge on any atom is 0.330 e. The van der Waals surface area contributed by atoms with E-state index in [0.717, 1.165) is 16.7 Å². The Morgan fingerprint density at radius 1 is 1.09 bits per heavy atom. The van der Waals surface area contributed by atoms with E-state index in [9.17, 15) is 9.90 Å². The number of phenols is 1. The Kier molecular flexibility index (Phi) is 5.44. The molecule has 122 valence electrons. The number of esters is 1. The third-order valence-electron chi connectivity index (χ3n) is 3.45. The summed E-state index contributed by atoms with van der Waals surface area (Å²) in [7, 11) is 0. The number of phenolic OH excluding ortho intramolecular Hbond substituents is 1. The smallest absolute Gasteiger partial charge is 0.330 e. The van der Waals surface area contributed by atoms with Crippen molar-refractivity contribution in [1.82, 2.24) is 0 Å². The molecule has 0 atom stereocenters. The Labute approximate surface area is 134 Å². The van der Waals surface area contributed by atoms with Crippen molar-refractivity contribution < 1.29 is 14.6 Å². The molecule has 0 amide bonds. The summed E-state index contributed by atoms with van der Waals surface area (Å²) in [4.78, 5) is 11.5. The standard InChI is InChI=1S/C19H28O3/c1-8-22-16(20)10-9-13-11-14(18(2,3)4)17(21)15(12-13)19(5,6)7/h9-12,21H,8H2,1-7H3. The summed E-state index contributed by atoms with van der Waals surface area (Å²) in [5.74, 6) is -0.0153. The largest absolute Gasteiger partial charge is 0.507 e. The number of benzene rings is 1. The van der Waals surface area contributed by atoms with Gasteiger partial charge in [-0.25, -0.2) is 4.79 Å². The fourth-order valence-corrected chi connectivity index (χ4v) is 2.25. The van der Waals surface area contributed by atoms with Gasteiger partial charge in [0.15, 0.2) is 0 Å². The minimum atomic E-state index is -0.356. The fraction of sp³-hybridized carbons (Fsp3) is 0.526. The number of carbonyl (C=O) groups excluding carboxylic acids is 1. The van der Waals surface area contributed by atoms with Gasteiger partial charge in [0, 0.05) is 17.2 Å². The number of hydrogen-bond donors (Lipinski definition) is 1. The van der Waals surface area contributed by atoms with Gasteiger partial charge >= 0.3 is 5.97 Å². The molecule has 1 rings (SSSR count). The van der Waals surface area contributed by atoms with Gasteiger partial charge < -0.3 is 9.84 Å². The molecule has 0 unspecified atom stereocenters. The van der Waals surface area contributed by atoms with Crippen LogP contribution in [-0.2, 0) is 20.4 Å². The molecule has 22 heavy (non-hydrogen) atoms. The second kappa shape index (κ2) is 6.55. The zero-order chi connectivity index (χ0) is 17.1. The van der Waals surface area contributed by atoms with Gasteiger partial charge in [0.1, 0.15) is 5.75 Å². The lowest BCUT2D eigenvalue weighted by Crippen LogP contribution is -2.17. The predicted octanol–water partition coefficient (Wildman–Crippen LogP) is 4.56. The van der Waals surface area contributed by atoms with Crippen LogP contribution in [0.25, 0.3) is 6.08 Å². The van der Waals surface area contributed by atoms with Crippen LogP contribution in [0, 0.1) is 0 Å². The van der Waals surface area contributed by atoms with E-state index in [4.69, 9.17) is 4.74 Å². The summed E-state index contributed by atoms with van der Waals surface area (Å²) in [6, 6.07) is 3.86. The fourth-order valence-electron chi connectivity index (χ4n) is 2.25. The van der Waals surface area contributed by atoms with Gasteiger partial charge in [0.25, 0.3) is 0 Å². The highest BCUT2D eigenvalue weighted by Crippen LogP contribution is 2.39. The lowest BCUT2D eigenvalue weighted by atomic mass is 9.78. The van der Waals surface area contributed by atoms with E-state index in [-0.39, 0.29) is 16.8 Å². The van der Waals surface area contributed by atoms with Crippen LogP contribution in [0.4, 0.5) is 0 Å². The number of hydrogen-bond acceptors (Lipinski definition) is 3. The lowest BCUT2D eigenvalue weighted by Gasteiger charge is -2.27. The van der Waals surface area contributed by atoms with Crippen LogP contribution in [0.15, 0.2) is 18.2 Å². The molecular weight excluding hydrogens is 276 g/mol. The van der Waals surface area contributed by atoms with Crippen LogP contribution in [-0.4, -0.2) is 17.7 Å². The van der Waals surface area contributed by atoms with Gasteiger partial charge in [-0.15, -0.1) is 0 Å². The molecular formula is C19H28O3. The Hall–Kier alpha value is -1.77. The van der Waals surface area contributed by atoms with Crippen molar-refractivity contribution in [3.63, 3.8) is 0 Å². The van der Waals surface area contributed by atoms with E-state index in [1.807, 2.05) is 12.1 Å². The number of rotatable bonds is 3. The first-order valence-corrected chi connectivity index (χ1v) is 7.69. The van der Waals surface area contributed by atoms with Crippen molar-refractivity contribution in [3.8, 4) is 5.75 Å². The van der Waals surface area contributed by atoms with Crippen LogP contribution in [0.3, 0.4) is 0 Å². The minimum Gasteiger partial charge on any atom is -0.507 e. The first-order chi connectivity index (χ1) is 9.96. The SMILES string of the molecule is CCOC(=O)C=Cc1cc(C(C)(C)C)c(O)c(C(C)(C)C)c1. The molecule has 0 saturated heterocycles. The van der Waals surface area contributed by atoms with E-state index >= 15 is 0 Å². The second-order valence-corrected chi connectivity index (χ2v) is 7.55. The van der Waals surface area contributed by atoms with Crippen LogP contribution in [0.5, 0.6) is 5.75 Å². The van der Waals surface area contributed by atoms with Crippen molar-refractivity contribution in [2.24, 2.45) is 0 Å². The molecule has 0 aliphatic heterocycles. The van der Waals surface area contributed by atoms with Crippen molar-refractivity contribution in [2.45, 2.75) is 59.3 Å². The van der Waals surface area contributed by atoms with Crippen LogP contribution in [0.1, 0.15) is 65.2 Å². The monoisotopic (exact) mass is 304 g/mol. The highest BCUT2D eigenvalue weighted by molar-refractivity contribution is 5.87. The quantitative estimate of drug-likeness (QED) is 0.657. The van der Waals surface area contributed by atoms with Gasteiger partial charge in [-0.2, -0.15) is 0 Å². The highest BCUT2D eigenvalue weighted by atomic mass is 16.5. The van der Waals surface area contributed by atoms with E-state index in [2.05, 4.69) is 41.5 Å². The maximum atomic E-state index is 11.5. The van der Waals surface area contributed by atoms with Gasteiger partial charge in [-0.3, -0.25) is 0 Å². The van der Waals surface area contributed by atoms with Gasteiger partial charge in [0.05, 0.1) is 6.61 Å². The van der Waals surface area contributed by atoms with Crippen molar-refractivity contribution in [2.75, 3.05) is 6.61 Å². The molecule has 0 fully saturated rings. The molecule has 0 aromatic heterocycles. The van der Waals surface area contributed by atoms with Crippen LogP contribution in [0.2, 0.25) is 0 Å². The molecule has 0 saturated carbocycles. The molecule has 0 heterocycles. The Bertz CT molecular complexity index is 534. The molecule has 0 aliphatic carbocycles. The Morgan fingerprint density at radius 3 is 1.91 bits per heavy atom. The topological polar surface area (TPSA) is 46.5 Å². The number of carbonyl (C=O) groups is 1. The van der Waals surface area contributed by atoms with Crippen molar-refractivity contribution >= 4 is 12.0 Å². The van der Waals surface area contributed by atoms with E-state index in [1.165, 1.54) is 6.08 Å². The molecule has 1 N–H and O–H groups in total. The summed E-state index contributed by atoms with van der Waals surface area (Å²) >= 11 is 0. The molecule has 0 spiro atoms. The summed E-state index contributed by atoms with van der Waals surface area (Å²) < 4.78 is 4.91. The Balaban J connectivity index is 3.39. The Morgan fingerprint density at radius 2 is 1.55 bits per heavy atom. The van der Waals surface area contributed by atoms with Crippen LogP contribution < -0.4 is 0 Å². The molecule has 3 heteroatoms. The van der Waals surface area contributed by atoms with Gasteiger partial charge in [-0.1, -0.05) is 41.5 Å². The zero-order valence-electron chi connectivity index (χ0n) is 14.8. The number of aromatic hydroxyl groups is 1. The van der Waals surface area contributed by atoms with Crippen molar-refractivity contribution in [3.05, 3.63) is 34.9 Å². The average molecular weight is 304 g/mol. The summed E-state index contributed by atoms with van der Waals surface area (Å²) in [6.07, 6.45) is 3.16. The summed E-state index contributed by atoms with van der Waals surface area (Å²) in [6.45, 7) is 14.5. The van der Waals surface area contributed by atoms with E-state index in [1.54, 1.807) is 13.0 Å². The maximum absolute atomic E-state index is 11.5. The lowest BCUT2D eigenvalue weighted by molar-refractivity contribution is -0.137. The number of ether oxygens (including phenoxy) is 1. The molecule has 0 radical (unpaired) electrons. The predicted molar refractivity (Wildman–Crippen MR) is 91.2 cm³/mol. The molecule has 0 bridgehead atoms. The van der Waals surface area contributed by atoms with Crippen molar-refractivity contribution in [1.29, 1.82) is 0 Å². The molecule has 1 aromatic rings.